The number of amides is 1. The predicted octanol–water partition coefficient (Wildman–Crippen LogP) is 1.69. The molecule has 2 unspecified atom stereocenters. The van der Waals surface area contributed by atoms with Crippen LogP contribution in [0.1, 0.15) is 26.3 Å². The average molecular weight is 280 g/mol. The molecule has 0 radical (unpaired) electrons. The molecule has 5 heteroatoms. The fraction of sp³-hybridized carbons (Fsp3) is 0.533. The van der Waals surface area contributed by atoms with Gasteiger partial charge in [0.05, 0.1) is 13.7 Å². The second-order valence-electron chi connectivity index (χ2n) is 4.78. The third-order valence-electron chi connectivity index (χ3n) is 3.20. The van der Waals surface area contributed by atoms with Crippen molar-refractivity contribution in [1.29, 1.82) is 0 Å². The van der Waals surface area contributed by atoms with Crippen molar-refractivity contribution >= 4 is 5.91 Å². The number of nitrogens with one attached hydrogen (secondary N) is 1. The smallest absolute Gasteiger partial charge is 0.224 e. The minimum atomic E-state index is -0.209. The number of carbonyl (C=O) groups excluding carboxylic acids is 1. The zero-order chi connectivity index (χ0) is 15.1. The van der Waals surface area contributed by atoms with Crippen molar-refractivity contribution in [1.82, 2.24) is 5.32 Å². The topological polar surface area (TPSA) is 73.6 Å². The Kier molecular flexibility index (Phi) is 6.31. The summed E-state index contributed by atoms with van der Waals surface area (Å²) in [6, 6.07) is 5.45. The number of hydrogen-bond acceptors (Lipinski definition) is 4. The Morgan fingerprint density at radius 2 is 2.05 bits per heavy atom. The van der Waals surface area contributed by atoms with Crippen LogP contribution in [0.25, 0.3) is 0 Å². The zero-order valence-electron chi connectivity index (χ0n) is 12.6. The lowest BCUT2D eigenvalue weighted by molar-refractivity contribution is -0.125. The van der Waals surface area contributed by atoms with E-state index in [2.05, 4.69) is 5.32 Å². The third kappa shape index (κ3) is 4.42. The highest BCUT2D eigenvalue weighted by molar-refractivity contribution is 5.78. The summed E-state index contributed by atoms with van der Waals surface area (Å²) in [5.41, 5.74) is 6.67. The highest BCUT2D eigenvalue weighted by Gasteiger charge is 2.16. The average Bonchev–Trinajstić information content (AvgIpc) is 2.44. The van der Waals surface area contributed by atoms with E-state index in [-0.39, 0.29) is 17.9 Å². The number of hydrogen-bond donors (Lipinski definition) is 2. The molecule has 1 aromatic rings. The first kappa shape index (κ1) is 16.3. The van der Waals surface area contributed by atoms with Crippen LogP contribution in [-0.2, 0) is 11.3 Å². The molecule has 0 aromatic heterocycles. The van der Waals surface area contributed by atoms with Gasteiger partial charge in [-0.3, -0.25) is 4.79 Å². The molecule has 5 nitrogen and oxygen atoms in total. The van der Waals surface area contributed by atoms with Gasteiger partial charge in [-0.25, -0.2) is 0 Å². The summed E-state index contributed by atoms with van der Waals surface area (Å²) in [5.74, 6) is 1.11. The molecule has 1 rings (SSSR count). The van der Waals surface area contributed by atoms with Crippen molar-refractivity contribution in [3.05, 3.63) is 23.8 Å². The first-order valence-corrected chi connectivity index (χ1v) is 6.82. The number of ether oxygens (including phenoxy) is 2. The first-order chi connectivity index (χ1) is 9.49. The Balaban J connectivity index is 2.69. The Morgan fingerprint density at radius 1 is 1.35 bits per heavy atom. The summed E-state index contributed by atoms with van der Waals surface area (Å²) in [5, 5.41) is 2.87. The minimum absolute atomic E-state index is 0.0474. The van der Waals surface area contributed by atoms with E-state index in [1.54, 1.807) is 7.11 Å². The molecule has 0 aliphatic rings. The van der Waals surface area contributed by atoms with Crippen LogP contribution in [-0.4, -0.2) is 25.7 Å². The summed E-state index contributed by atoms with van der Waals surface area (Å²) in [6.07, 6.45) is 0. The van der Waals surface area contributed by atoms with Crippen LogP contribution in [0.15, 0.2) is 18.2 Å². The molecule has 1 amide bonds. The van der Waals surface area contributed by atoms with E-state index in [4.69, 9.17) is 15.2 Å². The Bertz CT molecular complexity index is 447. The molecular weight excluding hydrogens is 256 g/mol. The van der Waals surface area contributed by atoms with E-state index in [9.17, 15) is 4.79 Å². The zero-order valence-corrected chi connectivity index (χ0v) is 12.6. The third-order valence-corrected chi connectivity index (χ3v) is 3.20. The highest BCUT2D eigenvalue weighted by Crippen LogP contribution is 2.27. The number of methoxy groups -OCH3 is 1. The second kappa shape index (κ2) is 7.75. The lowest BCUT2D eigenvalue weighted by atomic mass is 10.0. The van der Waals surface area contributed by atoms with E-state index in [0.29, 0.717) is 24.7 Å². The predicted molar refractivity (Wildman–Crippen MR) is 78.8 cm³/mol. The first-order valence-electron chi connectivity index (χ1n) is 6.82. The number of carbonyl (C=O) groups is 1. The van der Waals surface area contributed by atoms with E-state index in [1.165, 1.54) is 0 Å². The van der Waals surface area contributed by atoms with E-state index < -0.39 is 0 Å². The summed E-state index contributed by atoms with van der Waals surface area (Å²) < 4.78 is 10.7. The molecule has 0 saturated carbocycles. The standard InChI is InChI=1S/C15H24N2O3/c1-5-20-14-8-12(6-7-13(14)19-4)9-17-15(18)10(2)11(3)16/h6-8,10-11H,5,9,16H2,1-4H3,(H,17,18). The van der Waals surface area contributed by atoms with Gasteiger partial charge in [-0.1, -0.05) is 13.0 Å². The summed E-state index contributed by atoms with van der Waals surface area (Å²) in [7, 11) is 1.60. The van der Waals surface area contributed by atoms with Crippen LogP contribution in [0, 0.1) is 5.92 Å². The molecule has 0 aliphatic heterocycles. The fourth-order valence-corrected chi connectivity index (χ4v) is 1.69. The van der Waals surface area contributed by atoms with E-state index in [0.717, 1.165) is 5.56 Å². The molecule has 3 N–H and O–H groups in total. The molecule has 1 aromatic carbocycles. The molecule has 0 bridgehead atoms. The van der Waals surface area contributed by atoms with Crippen LogP contribution >= 0.6 is 0 Å². The molecule has 0 saturated heterocycles. The molecular formula is C15H24N2O3. The molecule has 2 atom stereocenters. The lowest BCUT2D eigenvalue weighted by Crippen LogP contribution is -2.38. The number of nitrogens with two attached hydrogens (primary N) is 1. The molecule has 0 spiro atoms. The maximum absolute atomic E-state index is 11.8. The molecule has 112 valence electrons. The summed E-state index contributed by atoms with van der Waals surface area (Å²) >= 11 is 0. The number of benzene rings is 1. The molecule has 0 aliphatic carbocycles. The van der Waals surface area contributed by atoms with Crippen LogP contribution in [0.3, 0.4) is 0 Å². The van der Waals surface area contributed by atoms with Crippen molar-refractivity contribution < 1.29 is 14.3 Å². The van der Waals surface area contributed by atoms with Crippen molar-refractivity contribution in [2.45, 2.75) is 33.4 Å². The van der Waals surface area contributed by atoms with Gasteiger partial charge in [0.25, 0.3) is 0 Å². The van der Waals surface area contributed by atoms with Gasteiger partial charge in [-0.05, 0) is 31.5 Å². The van der Waals surface area contributed by atoms with Gasteiger partial charge >= 0.3 is 0 Å². The monoisotopic (exact) mass is 280 g/mol. The van der Waals surface area contributed by atoms with Crippen molar-refractivity contribution in [2.24, 2.45) is 11.7 Å². The second-order valence-corrected chi connectivity index (χ2v) is 4.78. The number of rotatable bonds is 7. The summed E-state index contributed by atoms with van der Waals surface area (Å²) in [6.45, 7) is 6.57. The quantitative estimate of drug-likeness (QED) is 0.797. The molecule has 0 heterocycles. The van der Waals surface area contributed by atoms with Gasteiger partial charge in [0.15, 0.2) is 11.5 Å². The van der Waals surface area contributed by atoms with Crippen molar-refractivity contribution in [2.75, 3.05) is 13.7 Å². The van der Waals surface area contributed by atoms with Crippen LogP contribution in [0.4, 0.5) is 0 Å². The fourth-order valence-electron chi connectivity index (χ4n) is 1.69. The van der Waals surface area contributed by atoms with Crippen LogP contribution < -0.4 is 20.5 Å². The van der Waals surface area contributed by atoms with Gasteiger partial charge in [-0.2, -0.15) is 0 Å². The van der Waals surface area contributed by atoms with Gasteiger partial charge in [0.1, 0.15) is 0 Å². The Hall–Kier alpha value is -1.75. The van der Waals surface area contributed by atoms with Gasteiger partial charge in [-0.15, -0.1) is 0 Å². The maximum atomic E-state index is 11.8. The normalized spacial score (nSPS) is 13.4. The molecule has 20 heavy (non-hydrogen) atoms. The lowest BCUT2D eigenvalue weighted by Gasteiger charge is -2.16. The minimum Gasteiger partial charge on any atom is -0.493 e. The van der Waals surface area contributed by atoms with E-state index >= 15 is 0 Å². The highest BCUT2D eigenvalue weighted by atomic mass is 16.5. The van der Waals surface area contributed by atoms with E-state index in [1.807, 2.05) is 39.0 Å². The largest absolute Gasteiger partial charge is 0.493 e. The maximum Gasteiger partial charge on any atom is 0.224 e. The van der Waals surface area contributed by atoms with Crippen molar-refractivity contribution in [3.8, 4) is 11.5 Å². The van der Waals surface area contributed by atoms with Crippen LogP contribution in [0.5, 0.6) is 11.5 Å². The molecule has 0 fully saturated rings. The SMILES string of the molecule is CCOc1cc(CNC(=O)C(C)C(C)N)ccc1OC. The van der Waals surface area contributed by atoms with Gasteiger partial charge < -0.3 is 20.5 Å². The van der Waals surface area contributed by atoms with Crippen molar-refractivity contribution in [3.63, 3.8) is 0 Å². The summed E-state index contributed by atoms with van der Waals surface area (Å²) in [4.78, 5) is 11.8. The van der Waals surface area contributed by atoms with Gasteiger partial charge in [0.2, 0.25) is 5.91 Å². The Labute approximate surface area is 120 Å². The van der Waals surface area contributed by atoms with Crippen LogP contribution in [0.2, 0.25) is 0 Å². The van der Waals surface area contributed by atoms with Gasteiger partial charge in [0, 0.05) is 18.5 Å². The Morgan fingerprint density at radius 3 is 2.60 bits per heavy atom.